The molecule has 0 radical (unpaired) electrons. The number of nitrogens with zero attached hydrogens (tertiary/aromatic N) is 2. The molecule has 0 bridgehead atoms. The third-order valence-electron chi connectivity index (χ3n) is 2.79. The van der Waals surface area contributed by atoms with Crippen molar-refractivity contribution in [1.29, 1.82) is 0 Å². The van der Waals surface area contributed by atoms with Crippen LogP contribution in [0.5, 0.6) is 0 Å². The third kappa shape index (κ3) is 2.05. The Bertz CT molecular complexity index is 467. The Morgan fingerprint density at radius 3 is 2.71 bits per heavy atom. The summed E-state index contributed by atoms with van der Waals surface area (Å²) in [6.07, 6.45) is 0.604. The molecule has 1 aliphatic rings. The van der Waals surface area contributed by atoms with Crippen molar-refractivity contribution in [2.75, 3.05) is 18.0 Å². The molecule has 1 aliphatic heterocycles. The zero-order valence-corrected chi connectivity index (χ0v) is 8.90. The molecule has 17 heavy (non-hydrogen) atoms. The summed E-state index contributed by atoms with van der Waals surface area (Å²) in [5.74, 6) is -2.28. The Morgan fingerprint density at radius 1 is 1.47 bits per heavy atom. The summed E-state index contributed by atoms with van der Waals surface area (Å²) in [7, 11) is 0. The van der Waals surface area contributed by atoms with Crippen molar-refractivity contribution in [1.82, 2.24) is 0 Å². The highest BCUT2D eigenvalue weighted by Crippen LogP contribution is 2.34. The first-order valence-corrected chi connectivity index (χ1v) is 5.13. The standard InChI is InChI=1S/C10H11F2N3O2/c11-7-1-2-8(15(16)17)10(9(7)12)14-4-3-6(13)5-14/h1-2,6H,3-5,13H2. The smallest absolute Gasteiger partial charge is 0.295 e. The predicted octanol–water partition coefficient (Wildman–Crippen LogP) is 1.41. The first kappa shape index (κ1) is 11.7. The van der Waals surface area contributed by atoms with E-state index in [4.69, 9.17) is 5.73 Å². The van der Waals surface area contributed by atoms with Gasteiger partial charge in [-0.05, 0) is 12.5 Å². The van der Waals surface area contributed by atoms with Crippen LogP contribution in [0.4, 0.5) is 20.2 Å². The molecule has 2 N–H and O–H groups in total. The van der Waals surface area contributed by atoms with Crippen molar-refractivity contribution < 1.29 is 13.7 Å². The minimum absolute atomic E-state index is 0.169. The fraction of sp³-hybridized carbons (Fsp3) is 0.400. The van der Waals surface area contributed by atoms with Gasteiger partial charge in [0.25, 0.3) is 5.69 Å². The monoisotopic (exact) mass is 243 g/mol. The van der Waals surface area contributed by atoms with Crippen molar-refractivity contribution in [3.05, 3.63) is 33.9 Å². The first-order valence-electron chi connectivity index (χ1n) is 5.13. The summed E-state index contributed by atoms with van der Waals surface area (Å²) in [5, 5.41) is 10.8. The van der Waals surface area contributed by atoms with Gasteiger partial charge in [-0.25, -0.2) is 8.78 Å². The van der Waals surface area contributed by atoms with Gasteiger partial charge in [0.15, 0.2) is 17.3 Å². The van der Waals surface area contributed by atoms with Gasteiger partial charge in [-0.1, -0.05) is 0 Å². The lowest BCUT2D eigenvalue weighted by Crippen LogP contribution is -2.27. The molecule has 1 aromatic rings. The van der Waals surface area contributed by atoms with Crippen LogP contribution in [0.15, 0.2) is 12.1 Å². The van der Waals surface area contributed by atoms with Crippen molar-refractivity contribution in [2.24, 2.45) is 5.73 Å². The molecule has 2 rings (SSSR count). The van der Waals surface area contributed by atoms with E-state index in [1.165, 1.54) is 4.90 Å². The molecule has 0 aliphatic carbocycles. The molecule has 0 saturated carbocycles. The number of nitrogens with two attached hydrogens (primary N) is 1. The molecule has 5 nitrogen and oxygen atoms in total. The van der Waals surface area contributed by atoms with E-state index >= 15 is 0 Å². The Kier molecular flexibility index (Phi) is 2.93. The van der Waals surface area contributed by atoms with Gasteiger partial charge in [0.1, 0.15) is 0 Å². The van der Waals surface area contributed by atoms with E-state index in [0.29, 0.717) is 19.5 Å². The number of halogens is 2. The molecule has 1 heterocycles. The lowest BCUT2D eigenvalue weighted by molar-refractivity contribution is -0.384. The Hall–Kier alpha value is -1.76. The number of hydrogen-bond acceptors (Lipinski definition) is 4. The SMILES string of the molecule is NC1CCN(c2c([N+](=O)[O-])ccc(F)c2F)C1. The molecule has 0 spiro atoms. The lowest BCUT2D eigenvalue weighted by atomic mass is 10.2. The van der Waals surface area contributed by atoms with Gasteiger partial charge in [0, 0.05) is 25.2 Å². The summed E-state index contributed by atoms with van der Waals surface area (Å²) in [6.45, 7) is 0.684. The van der Waals surface area contributed by atoms with Gasteiger partial charge in [0.2, 0.25) is 0 Å². The van der Waals surface area contributed by atoms with E-state index in [1.807, 2.05) is 0 Å². The number of benzene rings is 1. The fourth-order valence-electron chi connectivity index (χ4n) is 1.97. The van der Waals surface area contributed by atoms with Crippen molar-refractivity contribution in [3.8, 4) is 0 Å². The molecular formula is C10H11F2N3O2. The molecule has 92 valence electrons. The molecule has 1 fully saturated rings. The molecule has 1 aromatic carbocycles. The lowest BCUT2D eigenvalue weighted by Gasteiger charge is -2.18. The van der Waals surface area contributed by atoms with Crippen LogP contribution in [-0.4, -0.2) is 24.1 Å². The van der Waals surface area contributed by atoms with Crippen molar-refractivity contribution >= 4 is 11.4 Å². The van der Waals surface area contributed by atoms with Crippen LogP contribution in [0.25, 0.3) is 0 Å². The zero-order valence-electron chi connectivity index (χ0n) is 8.90. The fourth-order valence-corrected chi connectivity index (χ4v) is 1.97. The highest BCUT2D eigenvalue weighted by Gasteiger charge is 2.30. The van der Waals surface area contributed by atoms with Gasteiger partial charge < -0.3 is 10.6 Å². The Labute approximate surface area is 96.0 Å². The van der Waals surface area contributed by atoms with Gasteiger partial charge in [-0.15, -0.1) is 0 Å². The van der Waals surface area contributed by atoms with Crippen LogP contribution in [-0.2, 0) is 0 Å². The van der Waals surface area contributed by atoms with E-state index in [2.05, 4.69) is 0 Å². The number of nitro groups is 1. The van der Waals surface area contributed by atoms with Crippen LogP contribution < -0.4 is 10.6 Å². The molecule has 1 unspecified atom stereocenters. The molecule has 0 amide bonds. The van der Waals surface area contributed by atoms with Gasteiger partial charge in [-0.2, -0.15) is 0 Å². The number of nitro benzene ring substituents is 1. The van der Waals surface area contributed by atoms with E-state index in [1.54, 1.807) is 0 Å². The molecule has 0 aromatic heterocycles. The first-order chi connectivity index (χ1) is 8.00. The number of rotatable bonds is 2. The summed E-state index contributed by atoms with van der Waals surface area (Å²) in [6, 6.07) is 1.56. The third-order valence-corrected chi connectivity index (χ3v) is 2.79. The molecular weight excluding hydrogens is 232 g/mol. The van der Waals surface area contributed by atoms with E-state index < -0.39 is 22.2 Å². The Balaban J connectivity index is 2.49. The van der Waals surface area contributed by atoms with Crippen LogP contribution in [0, 0.1) is 21.7 Å². The highest BCUT2D eigenvalue weighted by molar-refractivity contribution is 5.65. The quantitative estimate of drug-likeness (QED) is 0.629. The van der Waals surface area contributed by atoms with E-state index in [-0.39, 0.29) is 11.7 Å². The number of hydrogen-bond donors (Lipinski definition) is 1. The second-order valence-electron chi connectivity index (χ2n) is 3.98. The summed E-state index contributed by atoms with van der Waals surface area (Å²) < 4.78 is 26.8. The van der Waals surface area contributed by atoms with E-state index in [9.17, 15) is 18.9 Å². The van der Waals surface area contributed by atoms with Gasteiger partial charge >= 0.3 is 0 Å². The molecule has 7 heteroatoms. The van der Waals surface area contributed by atoms with Gasteiger partial charge in [-0.3, -0.25) is 10.1 Å². The zero-order chi connectivity index (χ0) is 12.6. The largest absolute Gasteiger partial charge is 0.362 e. The van der Waals surface area contributed by atoms with Crippen LogP contribution in [0.3, 0.4) is 0 Å². The van der Waals surface area contributed by atoms with Crippen LogP contribution in [0.2, 0.25) is 0 Å². The highest BCUT2D eigenvalue weighted by atomic mass is 19.2. The maximum absolute atomic E-state index is 13.6. The predicted molar refractivity (Wildman–Crippen MR) is 57.8 cm³/mol. The maximum Gasteiger partial charge on any atom is 0.295 e. The summed E-state index contributed by atoms with van der Waals surface area (Å²) >= 11 is 0. The summed E-state index contributed by atoms with van der Waals surface area (Å²) in [4.78, 5) is 11.5. The molecule has 1 atom stereocenters. The second kappa shape index (κ2) is 4.25. The van der Waals surface area contributed by atoms with E-state index in [0.717, 1.165) is 12.1 Å². The minimum Gasteiger partial charge on any atom is -0.362 e. The Morgan fingerprint density at radius 2 is 2.18 bits per heavy atom. The summed E-state index contributed by atoms with van der Waals surface area (Å²) in [5.41, 5.74) is 4.91. The van der Waals surface area contributed by atoms with Crippen molar-refractivity contribution in [2.45, 2.75) is 12.5 Å². The minimum atomic E-state index is -1.19. The second-order valence-corrected chi connectivity index (χ2v) is 3.98. The average molecular weight is 243 g/mol. The average Bonchev–Trinajstić information content (AvgIpc) is 2.68. The maximum atomic E-state index is 13.6. The van der Waals surface area contributed by atoms with Crippen LogP contribution >= 0.6 is 0 Å². The van der Waals surface area contributed by atoms with Crippen LogP contribution in [0.1, 0.15) is 6.42 Å². The molecule has 1 saturated heterocycles. The topological polar surface area (TPSA) is 72.4 Å². The van der Waals surface area contributed by atoms with Crippen molar-refractivity contribution in [3.63, 3.8) is 0 Å². The normalized spacial score (nSPS) is 19.7. The number of anilines is 1. The van der Waals surface area contributed by atoms with Gasteiger partial charge in [0.05, 0.1) is 4.92 Å².